The summed E-state index contributed by atoms with van der Waals surface area (Å²) in [4.78, 5) is 8.83. The minimum Gasteiger partial charge on any atom is -0.392 e. The van der Waals surface area contributed by atoms with E-state index in [9.17, 15) is 5.11 Å². The third-order valence-corrected chi connectivity index (χ3v) is 4.64. The van der Waals surface area contributed by atoms with Gasteiger partial charge in [0.2, 0.25) is 0 Å². The predicted octanol–water partition coefficient (Wildman–Crippen LogP) is 3.33. The number of nitrogens with zero attached hydrogens (tertiary/aromatic N) is 2. The van der Waals surface area contributed by atoms with Crippen molar-refractivity contribution in [2.75, 3.05) is 0 Å². The van der Waals surface area contributed by atoms with Crippen molar-refractivity contribution in [1.29, 1.82) is 0 Å². The van der Waals surface area contributed by atoms with E-state index in [1.165, 1.54) is 16.5 Å². The number of pyridine rings is 1. The first kappa shape index (κ1) is 11.6. The standard InChI is InChI=1S/C13H10N2OS2/c16-8-9-4-3-7-14-12(9)18-13-15-10-5-1-2-6-11(10)17-13/h1-7,16H,8H2. The Balaban J connectivity index is 1.96. The SMILES string of the molecule is OCc1cccnc1Sc1nc2ccccc2s1. The van der Waals surface area contributed by atoms with E-state index in [0.717, 1.165) is 20.4 Å². The van der Waals surface area contributed by atoms with Gasteiger partial charge in [0, 0.05) is 11.8 Å². The van der Waals surface area contributed by atoms with E-state index in [1.807, 2.05) is 30.3 Å². The molecule has 0 aliphatic rings. The van der Waals surface area contributed by atoms with E-state index in [0.29, 0.717) is 0 Å². The van der Waals surface area contributed by atoms with Gasteiger partial charge in [0.15, 0.2) is 4.34 Å². The van der Waals surface area contributed by atoms with E-state index in [-0.39, 0.29) is 6.61 Å². The molecule has 1 aromatic carbocycles. The van der Waals surface area contributed by atoms with Gasteiger partial charge in [-0.25, -0.2) is 9.97 Å². The summed E-state index contributed by atoms with van der Waals surface area (Å²) >= 11 is 3.14. The molecule has 0 aliphatic heterocycles. The molecule has 3 nitrogen and oxygen atoms in total. The summed E-state index contributed by atoms with van der Waals surface area (Å²) in [6, 6.07) is 11.8. The topological polar surface area (TPSA) is 46.0 Å². The second kappa shape index (κ2) is 5.06. The maximum absolute atomic E-state index is 9.27. The molecule has 0 fully saturated rings. The first-order valence-corrected chi connectivity index (χ1v) is 7.08. The third-order valence-electron chi connectivity index (χ3n) is 2.48. The van der Waals surface area contributed by atoms with Gasteiger partial charge in [-0.3, -0.25) is 0 Å². The lowest BCUT2D eigenvalue weighted by molar-refractivity contribution is 0.278. The molecule has 0 spiro atoms. The Morgan fingerprint density at radius 3 is 2.89 bits per heavy atom. The minimum atomic E-state index is 0.00106. The summed E-state index contributed by atoms with van der Waals surface area (Å²) in [5, 5.41) is 10.1. The van der Waals surface area contributed by atoms with Crippen molar-refractivity contribution in [3.8, 4) is 0 Å². The smallest absolute Gasteiger partial charge is 0.157 e. The van der Waals surface area contributed by atoms with E-state index in [4.69, 9.17) is 0 Å². The van der Waals surface area contributed by atoms with E-state index >= 15 is 0 Å². The molecule has 0 unspecified atom stereocenters. The van der Waals surface area contributed by atoms with Crippen LogP contribution in [0.15, 0.2) is 52.0 Å². The lowest BCUT2D eigenvalue weighted by atomic mass is 10.3. The van der Waals surface area contributed by atoms with E-state index < -0.39 is 0 Å². The number of aliphatic hydroxyl groups excluding tert-OH is 1. The molecule has 3 rings (SSSR count). The molecular formula is C13H10N2OS2. The largest absolute Gasteiger partial charge is 0.392 e. The van der Waals surface area contributed by atoms with Crippen molar-refractivity contribution < 1.29 is 5.11 Å². The lowest BCUT2D eigenvalue weighted by Crippen LogP contribution is -1.89. The summed E-state index contributed by atoms with van der Waals surface area (Å²) in [5.74, 6) is 0. The quantitative estimate of drug-likeness (QED) is 0.795. The zero-order valence-corrected chi connectivity index (χ0v) is 11.0. The van der Waals surface area contributed by atoms with Crippen LogP contribution in [0.25, 0.3) is 10.2 Å². The van der Waals surface area contributed by atoms with Gasteiger partial charge in [-0.2, -0.15) is 0 Å². The van der Waals surface area contributed by atoms with Gasteiger partial charge in [-0.15, -0.1) is 11.3 Å². The van der Waals surface area contributed by atoms with Crippen molar-refractivity contribution in [2.45, 2.75) is 16.0 Å². The number of thiazole rings is 1. The van der Waals surface area contributed by atoms with Crippen LogP contribution in [0.3, 0.4) is 0 Å². The zero-order valence-electron chi connectivity index (χ0n) is 9.41. The molecular weight excluding hydrogens is 264 g/mol. The van der Waals surface area contributed by atoms with Crippen LogP contribution in [0.2, 0.25) is 0 Å². The molecule has 2 aromatic heterocycles. The van der Waals surface area contributed by atoms with Crippen LogP contribution in [0, 0.1) is 0 Å². The van der Waals surface area contributed by atoms with Crippen molar-refractivity contribution in [3.05, 3.63) is 48.2 Å². The Kier molecular flexibility index (Phi) is 3.27. The van der Waals surface area contributed by atoms with Crippen molar-refractivity contribution >= 4 is 33.3 Å². The average Bonchev–Trinajstić information content (AvgIpc) is 2.81. The molecule has 3 aromatic rings. The van der Waals surface area contributed by atoms with Gasteiger partial charge in [0.25, 0.3) is 0 Å². The number of hydrogen-bond donors (Lipinski definition) is 1. The summed E-state index contributed by atoms with van der Waals surface area (Å²) in [5.41, 5.74) is 1.84. The molecule has 18 heavy (non-hydrogen) atoms. The Morgan fingerprint density at radius 1 is 1.17 bits per heavy atom. The number of rotatable bonds is 3. The monoisotopic (exact) mass is 274 g/mol. The Bertz CT molecular complexity index is 648. The fourth-order valence-electron chi connectivity index (χ4n) is 1.61. The Hall–Kier alpha value is -1.43. The van der Waals surface area contributed by atoms with Gasteiger partial charge in [0.05, 0.1) is 16.8 Å². The van der Waals surface area contributed by atoms with E-state index in [1.54, 1.807) is 17.5 Å². The third kappa shape index (κ3) is 2.25. The zero-order chi connectivity index (χ0) is 12.4. The summed E-state index contributed by atoms with van der Waals surface area (Å²) in [6.45, 7) is 0.00106. The highest BCUT2D eigenvalue weighted by Crippen LogP contribution is 2.34. The van der Waals surface area contributed by atoms with Gasteiger partial charge < -0.3 is 5.11 Å². The van der Waals surface area contributed by atoms with Crippen molar-refractivity contribution in [2.24, 2.45) is 0 Å². The number of para-hydroxylation sites is 1. The number of aliphatic hydroxyl groups is 1. The van der Waals surface area contributed by atoms with Gasteiger partial charge >= 0.3 is 0 Å². The van der Waals surface area contributed by atoms with Crippen LogP contribution in [-0.2, 0) is 6.61 Å². The highest BCUT2D eigenvalue weighted by molar-refractivity contribution is 8.01. The molecule has 90 valence electrons. The summed E-state index contributed by atoms with van der Waals surface area (Å²) in [6.07, 6.45) is 1.73. The van der Waals surface area contributed by atoms with Crippen molar-refractivity contribution in [3.63, 3.8) is 0 Å². The van der Waals surface area contributed by atoms with E-state index in [2.05, 4.69) is 16.0 Å². The minimum absolute atomic E-state index is 0.00106. The first-order chi connectivity index (χ1) is 8.86. The fraction of sp³-hybridized carbons (Fsp3) is 0.0769. The Labute approximate surface area is 113 Å². The normalized spacial score (nSPS) is 10.9. The van der Waals surface area contributed by atoms with Crippen LogP contribution in [0.4, 0.5) is 0 Å². The molecule has 0 saturated heterocycles. The molecule has 0 aliphatic carbocycles. The number of fused-ring (bicyclic) bond motifs is 1. The molecule has 1 N–H and O–H groups in total. The van der Waals surface area contributed by atoms with Crippen molar-refractivity contribution in [1.82, 2.24) is 9.97 Å². The highest BCUT2D eigenvalue weighted by atomic mass is 32.2. The summed E-state index contributed by atoms with van der Waals surface area (Å²) < 4.78 is 2.12. The van der Waals surface area contributed by atoms with Crippen LogP contribution in [-0.4, -0.2) is 15.1 Å². The molecule has 0 amide bonds. The second-order valence-corrected chi connectivity index (χ2v) is 5.94. The maximum Gasteiger partial charge on any atom is 0.157 e. The average molecular weight is 274 g/mol. The van der Waals surface area contributed by atoms with Crippen LogP contribution >= 0.6 is 23.1 Å². The van der Waals surface area contributed by atoms with Gasteiger partial charge in [-0.05, 0) is 30.0 Å². The number of hydrogen-bond acceptors (Lipinski definition) is 5. The molecule has 0 radical (unpaired) electrons. The fourth-order valence-corrected chi connectivity index (χ4v) is 3.67. The first-order valence-electron chi connectivity index (χ1n) is 5.45. The molecule has 0 atom stereocenters. The predicted molar refractivity (Wildman–Crippen MR) is 73.9 cm³/mol. The van der Waals surface area contributed by atoms with Crippen LogP contribution < -0.4 is 0 Å². The molecule has 2 heterocycles. The van der Waals surface area contributed by atoms with Crippen LogP contribution in [0.5, 0.6) is 0 Å². The summed E-state index contributed by atoms with van der Waals surface area (Å²) in [7, 11) is 0. The maximum atomic E-state index is 9.27. The molecule has 0 bridgehead atoms. The second-order valence-electron chi connectivity index (χ2n) is 3.68. The van der Waals surface area contributed by atoms with Crippen LogP contribution in [0.1, 0.15) is 5.56 Å². The molecule has 0 saturated carbocycles. The molecule has 5 heteroatoms. The lowest BCUT2D eigenvalue weighted by Gasteiger charge is -2.02. The van der Waals surface area contributed by atoms with Gasteiger partial charge in [0.1, 0.15) is 5.03 Å². The number of aromatic nitrogens is 2. The highest BCUT2D eigenvalue weighted by Gasteiger charge is 2.09. The Morgan fingerprint density at radius 2 is 2.06 bits per heavy atom. The van der Waals surface area contributed by atoms with Gasteiger partial charge in [-0.1, -0.05) is 18.2 Å². The number of benzene rings is 1.